The first-order valence-electron chi connectivity index (χ1n) is 5.43. The van der Waals surface area contributed by atoms with Gasteiger partial charge in [-0.05, 0) is 24.3 Å². The highest BCUT2D eigenvalue weighted by atomic mass is 16.5. The number of aldehydes is 1. The summed E-state index contributed by atoms with van der Waals surface area (Å²) in [6.45, 7) is 0. The predicted molar refractivity (Wildman–Crippen MR) is 67.1 cm³/mol. The molecule has 0 saturated carbocycles. The maximum absolute atomic E-state index is 11.4. The molecule has 5 heteroatoms. The van der Waals surface area contributed by atoms with Crippen molar-refractivity contribution in [2.24, 2.45) is 0 Å². The number of rotatable bonds is 4. The molecule has 0 aliphatic heterocycles. The van der Waals surface area contributed by atoms with Gasteiger partial charge in [-0.25, -0.2) is 4.79 Å². The number of fused-ring (bicyclic) bond motifs is 1. The fourth-order valence-corrected chi connectivity index (χ4v) is 1.65. The van der Waals surface area contributed by atoms with E-state index in [0.717, 1.165) is 22.9 Å². The largest absolute Gasteiger partial charge is 0.465 e. The maximum Gasteiger partial charge on any atom is 0.337 e. The van der Waals surface area contributed by atoms with Crippen molar-refractivity contribution in [2.75, 3.05) is 7.11 Å². The van der Waals surface area contributed by atoms with Crippen molar-refractivity contribution in [1.29, 1.82) is 0 Å². The lowest BCUT2D eigenvalue weighted by atomic mass is 10.1. The molecule has 0 radical (unpaired) electrons. The Kier molecular flexibility index (Phi) is 3.52. The lowest BCUT2D eigenvalue weighted by Gasteiger charge is -1.98. The van der Waals surface area contributed by atoms with Crippen LogP contribution in [0, 0.1) is 0 Å². The van der Waals surface area contributed by atoms with E-state index in [0.29, 0.717) is 12.0 Å². The van der Waals surface area contributed by atoms with Crippen LogP contribution in [0.3, 0.4) is 0 Å². The number of nitrogens with zero attached hydrogens (tertiary/aromatic N) is 1. The summed E-state index contributed by atoms with van der Waals surface area (Å²) in [5, 5.41) is 7.84. The smallest absolute Gasteiger partial charge is 0.337 e. The Morgan fingerprint density at radius 3 is 3.06 bits per heavy atom. The number of H-pyrrole nitrogens is 1. The zero-order valence-electron chi connectivity index (χ0n) is 9.84. The Morgan fingerprint density at radius 2 is 2.33 bits per heavy atom. The van der Waals surface area contributed by atoms with Crippen LogP contribution >= 0.6 is 0 Å². The van der Waals surface area contributed by atoms with Crippen molar-refractivity contribution in [3.05, 3.63) is 35.5 Å². The molecule has 1 aromatic heterocycles. The average molecular weight is 244 g/mol. The van der Waals surface area contributed by atoms with Gasteiger partial charge >= 0.3 is 5.97 Å². The zero-order chi connectivity index (χ0) is 13.0. The molecule has 0 fully saturated rings. The average Bonchev–Trinajstić information content (AvgIpc) is 2.80. The number of methoxy groups -OCH3 is 1. The molecular formula is C13H12N2O3. The fourth-order valence-electron chi connectivity index (χ4n) is 1.65. The van der Waals surface area contributed by atoms with Gasteiger partial charge in [0.25, 0.3) is 0 Å². The lowest BCUT2D eigenvalue weighted by Crippen LogP contribution is -2.00. The summed E-state index contributed by atoms with van der Waals surface area (Å²) in [5.41, 5.74) is 1.96. The lowest BCUT2D eigenvalue weighted by molar-refractivity contribution is -0.107. The minimum atomic E-state index is -0.385. The molecule has 18 heavy (non-hydrogen) atoms. The molecule has 92 valence electrons. The molecule has 1 N–H and O–H groups in total. The number of carbonyl (C=O) groups excluding carboxylic acids is 2. The van der Waals surface area contributed by atoms with Crippen LogP contribution in [0.1, 0.15) is 22.5 Å². The predicted octanol–water partition coefficient (Wildman–Crippen LogP) is 1.95. The van der Waals surface area contributed by atoms with E-state index in [1.165, 1.54) is 7.11 Å². The summed E-state index contributed by atoms with van der Waals surface area (Å²) in [7, 11) is 1.34. The Bertz CT molecular complexity index is 614. The van der Waals surface area contributed by atoms with Crippen molar-refractivity contribution >= 4 is 29.2 Å². The van der Waals surface area contributed by atoms with Crippen LogP contribution in [0.15, 0.2) is 24.3 Å². The highest BCUT2D eigenvalue weighted by Gasteiger charge is 2.08. The standard InChI is InChI=1S/C13H12N2O3/c1-18-13(17)9-5-6-10-11(4-2-3-7-16)14-15-12(10)8-9/h2,4-8H,3H2,1H3,(H,14,15). The van der Waals surface area contributed by atoms with Gasteiger partial charge in [-0.3, -0.25) is 5.10 Å². The van der Waals surface area contributed by atoms with Crippen LogP contribution in [0.2, 0.25) is 0 Å². The van der Waals surface area contributed by atoms with E-state index in [-0.39, 0.29) is 5.97 Å². The van der Waals surface area contributed by atoms with Gasteiger partial charge in [-0.2, -0.15) is 5.10 Å². The summed E-state index contributed by atoms with van der Waals surface area (Å²) < 4.78 is 4.65. The second-order valence-electron chi connectivity index (χ2n) is 3.67. The van der Waals surface area contributed by atoms with Crippen molar-refractivity contribution in [3.8, 4) is 0 Å². The fraction of sp³-hybridized carbons (Fsp3) is 0.154. The third-order valence-corrected chi connectivity index (χ3v) is 2.52. The summed E-state index contributed by atoms with van der Waals surface area (Å²) in [4.78, 5) is 21.6. The van der Waals surface area contributed by atoms with Crippen molar-refractivity contribution in [1.82, 2.24) is 10.2 Å². The molecule has 0 spiro atoms. The van der Waals surface area contributed by atoms with Gasteiger partial charge in [0.05, 0.1) is 23.9 Å². The van der Waals surface area contributed by atoms with Crippen LogP contribution in [0.4, 0.5) is 0 Å². The Balaban J connectivity index is 2.37. The van der Waals surface area contributed by atoms with E-state index in [9.17, 15) is 9.59 Å². The summed E-state index contributed by atoms with van der Waals surface area (Å²) in [5.74, 6) is -0.385. The van der Waals surface area contributed by atoms with Gasteiger partial charge in [-0.1, -0.05) is 6.08 Å². The van der Waals surface area contributed by atoms with Crippen molar-refractivity contribution in [3.63, 3.8) is 0 Å². The number of hydrogen-bond donors (Lipinski definition) is 1. The maximum atomic E-state index is 11.4. The normalized spacial score (nSPS) is 10.9. The Morgan fingerprint density at radius 1 is 1.50 bits per heavy atom. The number of hydrogen-bond acceptors (Lipinski definition) is 4. The number of esters is 1. The van der Waals surface area contributed by atoms with Crippen LogP contribution in [-0.4, -0.2) is 29.6 Å². The van der Waals surface area contributed by atoms with E-state index < -0.39 is 0 Å². The summed E-state index contributed by atoms with van der Waals surface area (Å²) in [6.07, 6.45) is 4.68. The molecule has 0 saturated heterocycles. The van der Waals surface area contributed by atoms with Gasteiger partial charge in [-0.15, -0.1) is 0 Å². The number of ether oxygens (including phenoxy) is 1. The highest BCUT2D eigenvalue weighted by Crippen LogP contribution is 2.19. The number of nitrogens with one attached hydrogen (secondary N) is 1. The molecule has 2 aromatic rings. The van der Waals surface area contributed by atoms with Gasteiger partial charge in [0, 0.05) is 11.8 Å². The van der Waals surface area contributed by atoms with E-state index in [1.54, 1.807) is 30.4 Å². The molecule has 1 heterocycles. The van der Waals surface area contributed by atoms with Crippen LogP contribution in [-0.2, 0) is 9.53 Å². The summed E-state index contributed by atoms with van der Waals surface area (Å²) >= 11 is 0. The van der Waals surface area contributed by atoms with E-state index in [1.807, 2.05) is 0 Å². The molecule has 5 nitrogen and oxygen atoms in total. The van der Waals surface area contributed by atoms with Gasteiger partial charge in [0.1, 0.15) is 6.29 Å². The minimum absolute atomic E-state index is 0.356. The second kappa shape index (κ2) is 5.27. The van der Waals surface area contributed by atoms with Crippen molar-refractivity contribution in [2.45, 2.75) is 6.42 Å². The SMILES string of the molecule is COC(=O)c1ccc2c(C=CCC=O)n[nH]c2c1. The van der Waals surface area contributed by atoms with Crippen LogP contribution < -0.4 is 0 Å². The summed E-state index contributed by atoms with van der Waals surface area (Å²) in [6, 6.07) is 5.16. The third-order valence-electron chi connectivity index (χ3n) is 2.52. The number of allylic oxidation sites excluding steroid dienone is 1. The number of aromatic amines is 1. The number of aromatic nitrogens is 2. The van der Waals surface area contributed by atoms with Gasteiger partial charge in [0.15, 0.2) is 0 Å². The third kappa shape index (κ3) is 2.29. The quantitative estimate of drug-likeness (QED) is 0.659. The van der Waals surface area contributed by atoms with Gasteiger partial charge in [0.2, 0.25) is 0 Å². The van der Waals surface area contributed by atoms with E-state index >= 15 is 0 Å². The highest BCUT2D eigenvalue weighted by molar-refractivity contribution is 5.96. The molecule has 2 rings (SSSR count). The number of benzene rings is 1. The minimum Gasteiger partial charge on any atom is -0.465 e. The first-order valence-corrected chi connectivity index (χ1v) is 5.43. The molecule has 0 atom stereocenters. The first-order chi connectivity index (χ1) is 8.76. The van der Waals surface area contributed by atoms with Crippen LogP contribution in [0.5, 0.6) is 0 Å². The molecule has 0 aliphatic rings. The van der Waals surface area contributed by atoms with E-state index in [4.69, 9.17) is 0 Å². The molecular weight excluding hydrogens is 232 g/mol. The monoisotopic (exact) mass is 244 g/mol. The first kappa shape index (κ1) is 12.0. The molecule has 0 bridgehead atoms. The second-order valence-corrected chi connectivity index (χ2v) is 3.67. The van der Waals surface area contributed by atoms with Crippen LogP contribution in [0.25, 0.3) is 17.0 Å². The molecule has 1 aromatic carbocycles. The van der Waals surface area contributed by atoms with E-state index in [2.05, 4.69) is 14.9 Å². The molecule has 0 amide bonds. The zero-order valence-corrected chi connectivity index (χ0v) is 9.84. The Labute approximate surface area is 103 Å². The molecule has 0 aliphatic carbocycles. The van der Waals surface area contributed by atoms with Gasteiger partial charge < -0.3 is 9.53 Å². The molecule has 0 unspecified atom stereocenters. The Hall–Kier alpha value is -2.43. The number of carbonyl (C=O) groups is 2. The topological polar surface area (TPSA) is 72.1 Å². The van der Waals surface area contributed by atoms with Crippen molar-refractivity contribution < 1.29 is 14.3 Å².